The summed E-state index contributed by atoms with van der Waals surface area (Å²) in [4.78, 5) is 14.3. The molecule has 2 aromatic heterocycles. The monoisotopic (exact) mass is 333 g/mol. The molecule has 0 saturated carbocycles. The van der Waals surface area contributed by atoms with Gasteiger partial charge in [0.15, 0.2) is 0 Å². The van der Waals surface area contributed by atoms with E-state index in [1.807, 2.05) is 30.8 Å². The minimum Gasteiger partial charge on any atom is -0.374 e. The molecule has 1 aliphatic heterocycles. The molecule has 1 amide bonds. The summed E-state index contributed by atoms with van der Waals surface area (Å²) in [7, 11) is 0. The number of nitrogens with one attached hydrogen (secondary N) is 1. The van der Waals surface area contributed by atoms with Gasteiger partial charge in [0.1, 0.15) is 0 Å². The lowest BCUT2D eigenvalue weighted by Crippen LogP contribution is -2.47. The number of aromatic nitrogens is 3. The van der Waals surface area contributed by atoms with Crippen LogP contribution in [0.2, 0.25) is 0 Å². The number of anilines is 1. The van der Waals surface area contributed by atoms with Crippen molar-refractivity contribution in [2.75, 3.05) is 31.6 Å². The van der Waals surface area contributed by atoms with Gasteiger partial charge in [0.2, 0.25) is 11.8 Å². The molecule has 8 heteroatoms. The van der Waals surface area contributed by atoms with E-state index >= 15 is 0 Å². The zero-order valence-corrected chi connectivity index (χ0v) is 14.0. The van der Waals surface area contributed by atoms with E-state index < -0.39 is 0 Å². The largest absolute Gasteiger partial charge is 0.374 e. The minimum absolute atomic E-state index is 0.0317. The average molecular weight is 333 g/mol. The molecular formula is C16H23N5O3. The second-order valence-corrected chi connectivity index (χ2v) is 6.27. The fourth-order valence-corrected chi connectivity index (χ4v) is 2.65. The number of ether oxygens (including phenoxy) is 1. The van der Waals surface area contributed by atoms with Gasteiger partial charge < -0.3 is 9.26 Å². The molecule has 130 valence electrons. The number of nitrogens with zero attached hydrogens (tertiary/aromatic N) is 4. The number of morpholine rings is 1. The van der Waals surface area contributed by atoms with Crippen LogP contribution >= 0.6 is 0 Å². The van der Waals surface area contributed by atoms with Gasteiger partial charge in [-0.05, 0) is 12.0 Å². The maximum Gasteiger partial charge on any atom is 0.240 e. The van der Waals surface area contributed by atoms with E-state index in [0.717, 1.165) is 12.2 Å². The van der Waals surface area contributed by atoms with Crippen LogP contribution in [0, 0.1) is 0 Å². The average Bonchev–Trinajstić information content (AvgIpc) is 3.19. The van der Waals surface area contributed by atoms with Gasteiger partial charge in [-0.15, -0.1) is 0 Å². The Balaban J connectivity index is 1.48. The van der Waals surface area contributed by atoms with Crippen LogP contribution in [0.1, 0.15) is 25.5 Å². The quantitative estimate of drug-likeness (QED) is 0.858. The van der Waals surface area contributed by atoms with Crippen LogP contribution in [-0.4, -0.2) is 58.1 Å². The number of carbonyl (C=O) groups is 1. The topological polar surface area (TPSA) is 85.4 Å². The highest BCUT2D eigenvalue weighted by Crippen LogP contribution is 2.17. The van der Waals surface area contributed by atoms with Crippen LogP contribution in [0.5, 0.6) is 0 Å². The lowest BCUT2D eigenvalue weighted by molar-refractivity contribution is -0.119. The molecule has 2 aromatic rings. The lowest BCUT2D eigenvalue weighted by Gasteiger charge is -2.32. The highest BCUT2D eigenvalue weighted by atomic mass is 16.5. The molecule has 1 aliphatic rings. The standard InChI is InChI=1S/C16H23N5O3/c1-12(2)14-8-16(24-19-14)18-15(22)11-20-6-7-23-13(9-20)10-21-5-3-4-17-21/h3-5,8,12-13H,6-7,9-11H2,1-2H3,(H,18,22)/t13-/m0/s1. The Kier molecular flexibility index (Phi) is 5.27. The van der Waals surface area contributed by atoms with Crippen LogP contribution in [0.3, 0.4) is 0 Å². The third kappa shape index (κ3) is 4.42. The van der Waals surface area contributed by atoms with E-state index in [2.05, 4.69) is 20.5 Å². The molecule has 3 rings (SSSR count). The van der Waals surface area contributed by atoms with Crippen molar-refractivity contribution in [3.05, 3.63) is 30.2 Å². The first-order valence-corrected chi connectivity index (χ1v) is 8.18. The van der Waals surface area contributed by atoms with Crippen molar-refractivity contribution < 1.29 is 14.1 Å². The molecule has 1 fully saturated rings. The number of hydrogen-bond donors (Lipinski definition) is 1. The SMILES string of the molecule is CC(C)c1cc(NC(=O)CN2CCO[C@H](Cn3cccn3)C2)on1. The molecule has 1 atom stereocenters. The summed E-state index contributed by atoms with van der Waals surface area (Å²) in [5.41, 5.74) is 0.830. The van der Waals surface area contributed by atoms with Gasteiger partial charge >= 0.3 is 0 Å². The Bertz CT molecular complexity index is 652. The normalized spacial score (nSPS) is 18.9. The molecule has 0 spiro atoms. The number of rotatable bonds is 6. The van der Waals surface area contributed by atoms with E-state index in [0.29, 0.717) is 32.1 Å². The Labute approximate surface area is 140 Å². The van der Waals surface area contributed by atoms with Gasteiger partial charge in [0, 0.05) is 31.5 Å². The van der Waals surface area contributed by atoms with Crippen molar-refractivity contribution in [2.45, 2.75) is 32.4 Å². The fraction of sp³-hybridized carbons (Fsp3) is 0.562. The second kappa shape index (κ2) is 7.59. The molecule has 0 aromatic carbocycles. The van der Waals surface area contributed by atoms with Gasteiger partial charge in [-0.3, -0.25) is 19.7 Å². The van der Waals surface area contributed by atoms with E-state index in [4.69, 9.17) is 9.26 Å². The maximum absolute atomic E-state index is 12.2. The third-order valence-electron chi connectivity index (χ3n) is 3.92. The fourth-order valence-electron chi connectivity index (χ4n) is 2.65. The van der Waals surface area contributed by atoms with E-state index in [1.54, 1.807) is 12.3 Å². The zero-order chi connectivity index (χ0) is 16.9. The number of hydrogen-bond acceptors (Lipinski definition) is 6. The summed E-state index contributed by atoms with van der Waals surface area (Å²) in [6.07, 6.45) is 3.69. The molecule has 0 bridgehead atoms. The summed E-state index contributed by atoms with van der Waals surface area (Å²) in [6.45, 7) is 7.08. The van der Waals surface area contributed by atoms with Crippen molar-refractivity contribution in [2.24, 2.45) is 0 Å². The summed E-state index contributed by atoms with van der Waals surface area (Å²) in [5.74, 6) is 0.549. The van der Waals surface area contributed by atoms with Crippen LogP contribution in [0.4, 0.5) is 5.88 Å². The van der Waals surface area contributed by atoms with Crippen molar-refractivity contribution in [1.29, 1.82) is 0 Å². The molecule has 8 nitrogen and oxygen atoms in total. The number of carbonyl (C=O) groups excluding carboxylic acids is 1. The van der Waals surface area contributed by atoms with Gasteiger partial charge in [-0.25, -0.2) is 0 Å². The summed E-state index contributed by atoms with van der Waals surface area (Å²) in [5, 5.41) is 10.9. The summed E-state index contributed by atoms with van der Waals surface area (Å²) >= 11 is 0. The summed E-state index contributed by atoms with van der Waals surface area (Å²) < 4.78 is 12.7. The Hall–Kier alpha value is -2.19. The van der Waals surface area contributed by atoms with E-state index in [9.17, 15) is 4.79 Å². The van der Waals surface area contributed by atoms with E-state index in [1.165, 1.54) is 0 Å². The molecule has 1 N–H and O–H groups in total. The Morgan fingerprint density at radius 2 is 2.38 bits per heavy atom. The third-order valence-corrected chi connectivity index (χ3v) is 3.92. The van der Waals surface area contributed by atoms with Gasteiger partial charge in [-0.2, -0.15) is 5.10 Å². The van der Waals surface area contributed by atoms with Crippen molar-refractivity contribution in [3.63, 3.8) is 0 Å². The first kappa shape index (κ1) is 16.7. The molecular weight excluding hydrogens is 310 g/mol. The predicted molar refractivity (Wildman–Crippen MR) is 87.6 cm³/mol. The smallest absolute Gasteiger partial charge is 0.240 e. The van der Waals surface area contributed by atoms with Crippen molar-refractivity contribution in [3.8, 4) is 0 Å². The minimum atomic E-state index is -0.110. The molecule has 1 saturated heterocycles. The molecule has 3 heterocycles. The molecule has 0 radical (unpaired) electrons. The molecule has 0 unspecified atom stereocenters. The van der Waals surface area contributed by atoms with Crippen LogP contribution in [0.15, 0.2) is 29.0 Å². The predicted octanol–water partition coefficient (Wildman–Crippen LogP) is 1.33. The first-order valence-electron chi connectivity index (χ1n) is 8.18. The van der Waals surface area contributed by atoms with Crippen LogP contribution in [-0.2, 0) is 16.1 Å². The highest BCUT2D eigenvalue weighted by molar-refractivity contribution is 5.90. The van der Waals surface area contributed by atoms with Crippen molar-refractivity contribution in [1.82, 2.24) is 19.8 Å². The molecule has 0 aliphatic carbocycles. The van der Waals surface area contributed by atoms with E-state index in [-0.39, 0.29) is 17.9 Å². The first-order chi connectivity index (χ1) is 11.6. The number of amides is 1. The van der Waals surface area contributed by atoms with Crippen LogP contribution < -0.4 is 5.32 Å². The molecule has 24 heavy (non-hydrogen) atoms. The maximum atomic E-state index is 12.2. The summed E-state index contributed by atoms with van der Waals surface area (Å²) in [6, 6.07) is 3.65. The zero-order valence-electron chi connectivity index (χ0n) is 14.0. The highest BCUT2D eigenvalue weighted by Gasteiger charge is 2.23. The van der Waals surface area contributed by atoms with Gasteiger partial charge in [0.05, 0.1) is 31.5 Å². The van der Waals surface area contributed by atoms with Crippen molar-refractivity contribution >= 4 is 11.8 Å². The van der Waals surface area contributed by atoms with Crippen LogP contribution in [0.25, 0.3) is 0 Å². The second-order valence-electron chi connectivity index (χ2n) is 6.27. The van der Waals surface area contributed by atoms with Gasteiger partial charge in [-0.1, -0.05) is 19.0 Å². The van der Waals surface area contributed by atoms with Gasteiger partial charge in [0.25, 0.3) is 0 Å². The lowest BCUT2D eigenvalue weighted by atomic mass is 10.1. The Morgan fingerprint density at radius 1 is 1.50 bits per heavy atom. The Morgan fingerprint density at radius 3 is 3.08 bits per heavy atom.